The van der Waals surface area contributed by atoms with Crippen LogP contribution in [0.15, 0.2) is 40.8 Å². The Morgan fingerprint density at radius 2 is 2.06 bits per heavy atom. The van der Waals surface area contributed by atoms with E-state index in [2.05, 4.69) is 10.2 Å². The van der Waals surface area contributed by atoms with Crippen LogP contribution in [0.4, 0.5) is 5.69 Å². The summed E-state index contributed by atoms with van der Waals surface area (Å²) >= 11 is 0. The molecule has 1 aromatic heterocycles. The van der Waals surface area contributed by atoms with Crippen molar-refractivity contribution in [2.45, 2.75) is 31.0 Å². The summed E-state index contributed by atoms with van der Waals surface area (Å²) in [6, 6.07) is 11.6. The zero-order chi connectivity index (χ0) is 21.4. The SMILES string of the molecule is COc1cc2c(cc1NC(=O)CN1CC[C@@]3(CCCO3)[C@@H](OC)C1)oc1ccccc12. The maximum Gasteiger partial charge on any atom is 0.238 e. The predicted molar refractivity (Wildman–Crippen MR) is 119 cm³/mol. The average molecular weight is 424 g/mol. The molecule has 0 aliphatic carbocycles. The molecule has 164 valence electrons. The molecule has 0 radical (unpaired) electrons. The van der Waals surface area contributed by atoms with E-state index in [4.69, 9.17) is 18.6 Å². The van der Waals surface area contributed by atoms with Crippen LogP contribution in [0.25, 0.3) is 21.9 Å². The van der Waals surface area contributed by atoms with Crippen molar-refractivity contribution in [1.82, 2.24) is 4.90 Å². The largest absolute Gasteiger partial charge is 0.495 e. The molecule has 3 aromatic rings. The van der Waals surface area contributed by atoms with Gasteiger partial charge in [-0.1, -0.05) is 18.2 Å². The standard InChI is InChI=1S/C24H28N2O5/c1-28-21-12-17-16-6-3-4-7-19(16)31-20(17)13-18(21)25-23(27)15-26-10-9-24(8-5-11-30-24)22(14-26)29-2/h3-4,6-7,12-13,22H,5,8-11,14-15H2,1-2H3,(H,25,27)/t22-,24-/m0/s1. The van der Waals surface area contributed by atoms with E-state index in [9.17, 15) is 4.79 Å². The van der Waals surface area contributed by atoms with Gasteiger partial charge in [0.2, 0.25) is 5.91 Å². The number of nitrogens with one attached hydrogen (secondary N) is 1. The highest BCUT2D eigenvalue weighted by Crippen LogP contribution is 2.38. The Labute approximate surface area is 181 Å². The van der Waals surface area contributed by atoms with Crippen molar-refractivity contribution in [2.24, 2.45) is 0 Å². The highest BCUT2D eigenvalue weighted by atomic mass is 16.5. The second-order valence-electron chi connectivity index (χ2n) is 8.42. The molecule has 0 unspecified atom stereocenters. The van der Waals surface area contributed by atoms with Gasteiger partial charge in [-0.05, 0) is 31.4 Å². The maximum atomic E-state index is 12.9. The predicted octanol–water partition coefficient (Wildman–Crippen LogP) is 3.80. The van der Waals surface area contributed by atoms with Crippen molar-refractivity contribution in [1.29, 1.82) is 0 Å². The molecule has 5 rings (SSSR count). The van der Waals surface area contributed by atoms with Gasteiger partial charge in [-0.3, -0.25) is 9.69 Å². The molecule has 2 aromatic carbocycles. The molecule has 2 fully saturated rings. The number of piperidine rings is 1. The second kappa shape index (κ2) is 8.15. The number of amides is 1. The van der Waals surface area contributed by atoms with Gasteiger partial charge in [0.25, 0.3) is 0 Å². The fourth-order valence-corrected chi connectivity index (χ4v) is 5.01. The Morgan fingerprint density at radius 1 is 1.19 bits per heavy atom. The molecule has 1 spiro atoms. The fourth-order valence-electron chi connectivity index (χ4n) is 5.01. The number of furan rings is 1. The minimum absolute atomic E-state index is 0.0158. The molecule has 0 bridgehead atoms. The Morgan fingerprint density at radius 3 is 2.84 bits per heavy atom. The highest BCUT2D eigenvalue weighted by molar-refractivity contribution is 6.07. The molecule has 31 heavy (non-hydrogen) atoms. The van der Waals surface area contributed by atoms with Crippen LogP contribution in [-0.4, -0.2) is 63.0 Å². The van der Waals surface area contributed by atoms with Gasteiger partial charge in [0.1, 0.15) is 16.9 Å². The van der Waals surface area contributed by atoms with Crippen molar-refractivity contribution in [3.05, 3.63) is 36.4 Å². The normalized spacial score (nSPS) is 24.3. The topological polar surface area (TPSA) is 73.2 Å². The third kappa shape index (κ3) is 3.67. The number of methoxy groups -OCH3 is 2. The second-order valence-corrected chi connectivity index (χ2v) is 8.42. The summed E-state index contributed by atoms with van der Waals surface area (Å²) in [7, 11) is 3.33. The molecular weight excluding hydrogens is 396 g/mol. The number of hydrogen-bond donors (Lipinski definition) is 1. The van der Waals surface area contributed by atoms with Crippen molar-refractivity contribution in [3.8, 4) is 5.75 Å². The van der Waals surface area contributed by atoms with Crippen LogP contribution >= 0.6 is 0 Å². The first kappa shape index (κ1) is 20.3. The van der Waals surface area contributed by atoms with Crippen LogP contribution in [0.5, 0.6) is 5.75 Å². The van der Waals surface area contributed by atoms with Crippen LogP contribution in [0.1, 0.15) is 19.3 Å². The van der Waals surface area contributed by atoms with Crippen molar-refractivity contribution >= 4 is 33.5 Å². The van der Waals surface area contributed by atoms with Crippen molar-refractivity contribution < 1.29 is 23.4 Å². The third-order valence-corrected chi connectivity index (χ3v) is 6.62. The van der Waals surface area contributed by atoms with Crippen LogP contribution in [0.2, 0.25) is 0 Å². The van der Waals surface area contributed by atoms with Gasteiger partial charge in [-0.2, -0.15) is 0 Å². The summed E-state index contributed by atoms with van der Waals surface area (Å²) in [5, 5.41) is 4.99. The third-order valence-electron chi connectivity index (χ3n) is 6.62. The van der Waals surface area contributed by atoms with Gasteiger partial charge in [-0.25, -0.2) is 0 Å². The van der Waals surface area contributed by atoms with Gasteiger partial charge in [0, 0.05) is 43.6 Å². The first-order valence-electron chi connectivity index (χ1n) is 10.8. The Kier molecular flexibility index (Phi) is 5.33. The van der Waals surface area contributed by atoms with E-state index in [1.54, 1.807) is 14.2 Å². The van der Waals surface area contributed by atoms with Crippen LogP contribution < -0.4 is 10.1 Å². The number of benzene rings is 2. The zero-order valence-corrected chi connectivity index (χ0v) is 18.0. The van der Waals surface area contributed by atoms with E-state index >= 15 is 0 Å². The minimum atomic E-state index is -0.183. The molecular formula is C24H28N2O5. The van der Waals surface area contributed by atoms with E-state index in [0.717, 1.165) is 54.4 Å². The minimum Gasteiger partial charge on any atom is -0.495 e. The Bertz CT molecular complexity index is 1100. The summed E-state index contributed by atoms with van der Waals surface area (Å²) in [4.78, 5) is 15.0. The van der Waals surface area contributed by atoms with E-state index < -0.39 is 0 Å². The summed E-state index contributed by atoms with van der Waals surface area (Å²) in [6.07, 6.45) is 2.97. The molecule has 2 aliphatic rings. The number of fused-ring (bicyclic) bond motifs is 3. The molecule has 2 aliphatic heterocycles. The fraction of sp³-hybridized carbons (Fsp3) is 0.458. The molecule has 7 heteroatoms. The van der Waals surface area contributed by atoms with Crippen LogP contribution in [0.3, 0.4) is 0 Å². The maximum absolute atomic E-state index is 12.9. The first-order chi connectivity index (χ1) is 15.1. The summed E-state index contributed by atoms with van der Waals surface area (Å²) < 4.78 is 23.3. The number of rotatable bonds is 5. The lowest BCUT2D eigenvalue weighted by Gasteiger charge is -2.44. The molecule has 2 saturated heterocycles. The van der Waals surface area contributed by atoms with Crippen LogP contribution in [-0.2, 0) is 14.3 Å². The first-order valence-corrected chi connectivity index (χ1v) is 10.8. The van der Waals surface area contributed by atoms with Gasteiger partial charge < -0.3 is 23.9 Å². The van der Waals surface area contributed by atoms with E-state index in [1.807, 2.05) is 36.4 Å². The Hall–Kier alpha value is -2.61. The van der Waals surface area contributed by atoms with Gasteiger partial charge in [-0.15, -0.1) is 0 Å². The molecule has 1 N–H and O–H groups in total. The van der Waals surface area contributed by atoms with Gasteiger partial charge in [0.15, 0.2) is 0 Å². The summed E-state index contributed by atoms with van der Waals surface area (Å²) in [5.74, 6) is 0.519. The lowest BCUT2D eigenvalue weighted by Crippen LogP contribution is -2.57. The highest BCUT2D eigenvalue weighted by Gasteiger charge is 2.46. The number of carbonyl (C=O) groups excluding carboxylic acids is 1. The van der Waals surface area contributed by atoms with Crippen molar-refractivity contribution in [2.75, 3.05) is 45.8 Å². The lowest BCUT2D eigenvalue weighted by molar-refractivity contribution is -0.145. The zero-order valence-electron chi connectivity index (χ0n) is 18.0. The number of likely N-dealkylation sites (tertiary alicyclic amines) is 1. The quantitative estimate of drug-likeness (QED) is 0.672. The van der Waals surface area contributed by atoms with E-state index in [0.29, 0.717) is 18.0 Å². The average Bonchev–Trinajstić information content (AvgIpc) is 3.39. The molecule has 2 atom stereocenters. The van der Waals surface area contributed by atoms with Crippen LogP contribution in [0, 0.1) is 0 Å². The van der Waals surface area contributed by atoms with Gasteiger partial charge in [0.05, 0.1) is 31.0 Å². The number of nitrogens with zero attached hydrogens (tertiary/aromatic N) is 1. The van der Waals surface area contributed by atoms with Crippen molar-refractivity contribution in [3.63, 3.8) is 0 Å². The summed E-state index contributed by atoms with van der Waals surface area (Å²) in [5.41, 5.74) is 1.95. The number of anilines is 1. The van der Waals surface area contributed by atoms with Gasteiger partial charge >= 0.3 is 0 Å². The smallest absolute Gasteiger partial charge is 0.238 e. The summed E-state index contributed by atoms with van der Waals surface area (Å²) in [6.45, 7) is 2.58. The molecule has 3 heterocycles. The van der Waals surface area contributed by atoms with E-state index in [1.165, 1.54) is 0 Å². The number of hydrogen-bond acceptors (Lipinski definition) is 6. The molecule has 7 nitrogen and oxygen atoms in total. The Balaban J connectivity index is 1.31. The molecule has 1 amide bonds. The van der Waals surface area contributed by atoms with E-state index in [-0.39, 0.29) is 24.2 Å². The number of carbonyl (C=O) groups is 1. The monoisotopic (exact) mass is 424 g/mol. The lowest BCUT2D eigenvalue weighted by atomic mass is 9.86. The number of ether oxygens (including phenoxy) is 3. The number of para-hydroxylation sites is 1. The molecule has 0 saturated carbocycles.